The number of aryl methyl sites for hydroxylation is 1. The molecule has 0 atom stereocenters. The third-order valence-corrected chi connectivity index (χ3v) is 3.51. The first kappa shape index (κ1) is 11.9. The molecule has 0 bridgehead atoms. The molecule has 0 aromatic heterocycles. The van der Waals surface area contributed by atoms with Crippen molar-refractivity contribution in [3.05, 3.63) is 28.2 Å². The summed E-state index contributed by atoms with van der Waals surface area (Å²) in [6.07, 6.45) is 2.69. The lowest BCUT2D eigenvalue weighted by Gasteiger charge is -2.15. The standard InChI is InChI=1S/C13H18BrNO/c1-11-4-5-12(14)10-13(11)16-9-8-15-6-2-3-7-15/h4-5,10H,2-3,6-9H2,1H3. The van der Waals surface area contributed by atoms with Crippen molar-refractivity contribution in [1.82, 2.24) is 4.90 Å². The van der Waals surface area contributed by atoms with Crippen molar-refractivity contribution < 1.29 is 4.74 Å². The zero-order chi connectivity index (χ0) is 11.4. The molecule has 0 N–H and O–H groups in total. The van der Waals surface area contributed by atoms with E-state index in [-0.39, 0.29) is 0 Å². The maximum Gasteiger partial charge on any atom is 0.123 e. The Kier molecular flexibility index (Phi) is 4.24. The minimum atomic E-state index is 0.789. The summed E-state index contributed by atoms with van der Waals surface area (Å²) in [6.45, 7) is 6.39. The lowest BCUT2D eigenvalue weighted by Crippen LogP contribution is -2.25. The van der Waals surface area contributed by atoms with E-state index < -0.39 is 0 Å². The first-order valence-electron chi connectivity index (χ1n) is 5.87. The second-order valence-corrected chi connectivity index (χ2v) is 5.22. The number of hydrogen-bond donors (Lipinski definition) is 0. The zero-order valence-corrected chi connectivity index (χ0v) is 11.3. The van der Waals surface area contributed by atoms with Crippen molar-refractivity contribution in [3.8, 4) is 5.75 Å². The van der Waals surface area contributed by atoms with Crippen molar-refractivity contribution in [2.75, 3.05) is 26.2 Å². The molecule has 1 aromatic rings. The van der Waals surface area contributed by atoms with Gasteiger partial charge in [0.15, 0.2) is 0 Å². The predicted molar refractivity (Wildman–Crippen MR) is 70.0 cm³/mol. The molecule has 1 saturated heterocycles. The van der Waals surface area contributed by atoms with Crippen molar-refractivity contribution in [2.45, 2.75) is 19.8 Å². The van der Waals surface area contributed by atoms with Crippen LogP contribution >= 0.6 is 15.9 Å². The highest BCUT2D eigenvalue weighted by Crippen LogP contribution is 2.22. The van der Waals surface area contributed by atoms with Crippen LogP contribution in [0.25, 0.3) is 0 Å². The van der Waals surface area contributed by atoms with Crippen LogP contribution in [-0.4, -0.2) is 31.1 Å². The summed E-state index contributed by atoms with van der Waals surface area (Å²) in [5.74, 6) is 0.994. The van der Waals surface area contributed by atoms with Gasteiger partial charge in [0.1, 0.15) is 12.4 Å². The molecule has 16 heavy (non-hydrogen) atoms. The molecule has 0 radical (unpaired) electrons. The van der Waals surface area contributed by atoms with E-state index in [1.165, 1.54) is 31.5 Å². The Morgan fingerprint density at radius 3 is 2.81 bits per heavy atom. The highest BCUT2D eigenvalue weighted by molar-refractivity contribution is 9.10. The molecule has 1 fully saturated rings. The van der Waals surface area contributed by atoms with E-state index in [4.69, 9.17) is 4.74 Å². The first-order valence-corrected chi connectivity index (χ1v) is 6.66. The van der Waals surface area contributed by atoms with Crippen LogP contribution in [0.2, 0.25) is 0 Å². The lowest BCUT2D eigenvalue weighted by molar-refractivity contribution is 0.237. The minimum Gasteiger partial charge on any atom is -0.492 e. The third kappa shape index (κ3) is 3.22. The molecule has 3 heteroatoms. The number of rotatable bonds is 4. The summed E-state index contributed by atoms with van der Waals surface area (Å²) in [5, 5.41) is 0. The number of likely N-dealkylation sites (tertiary alicyclic amines) is 1. The highest BCUT2D eigenvalue weighted by atomic mass is 79.9. The Hall–Kier alpha value is -0.540. The van der Waals surface area contributed by atoms with Gasteiger partial charge in [-0.2, -0.15) is 0 Å². The topological polar surface area (TPSA) is 12.5 Å². The molecule has 0 unspecified atom stereocenters. The molecular weight excluding hydrogens is 266 g/mol. The minimum absolute atomic E-state index is 0.789. The number of halogens is 1. The third-order valence-electron chi connectivity index (χ3n) is 3.01. The molecule has 0 saturated carbocycles. The summed E-state index contributed by atoms with van der Waals surface area (Å²) >= 11 is 3.46. The van der Waals surface area contributed by atoms with E-state index in [0.717, 1.165) is 23.4 Å². The van der Waals surface area contributed by atoms with Crippen LogP contribution in [0.5, 0.6) is 5.75 Å². The van der Waals surface area contributed by atoms with Gasteiger partial charge < -0.3 is 4.74 Å². The average Bonchev–Trinajstić information content (AvgIpc) is 2.76. The maximum absolute atomic E-state index is 5.81. The molecule has 0 amide bonds. The van der Waals surface area contributed by atoms with Crippen molar-refractivity contribution in [3.63, 3.8) is 0 Å². The van der Waals surface area contributed by atoms with E-state index >= 15 is 0 Å². The molecule has 2 rings (SSSR count). The summed E-state index contributed by atoms with van der Waals surface area (Å²) < 4.78 is 6.89. The summed E-state index contributed by atoms with van der Waals surface area (Å²) in [4.78, 5) is 2.47. The Morgan fingerprint density at radius 1 is 1.31 bits per heavy atom. The summed E-state index contributed by atoms with van der Waals surface area (Å²) in [6, 6.07) is 6.16. The van der Waals surface area contributed by atoms with Gasteiger partial charge in [0.05, 0.1) is 0 Å². The van der Waals surface area contributed by atoms with E-state index in [1.807, 2.05) is 12.1 Å². The average molecular weight is 284 g/mol. The fraction of sp³-hybridized carbons (Fsp3) is 0.538. The predicted octanol–water partition coefficient (Wildman–Crippen LogP) is 3.23. The van der Waals surface area contributed by atoms with Crippen LogP contribution in [0.1, 0.15) is 18.4 Å². The van der Waals surface area contributed by atoms with Gasteiger partial charge in [-0.05, 0) is 50.6 Å². The van der Waals surface area contributed by atoms with Gasteiger partial charge in [-0.1, -0.05) is 22.0 Å². The van der Waals surface area contributed by atoms with Gasteiger partial charge in [0.2, 0.25) is 0 Å². The Labute approximate surface area is 106 Å². The largest absolute Gasteiger partial charge is 0.492 e. The summed E-state index contributed by atoms with van der Waals surface area (Å²) in [7, 11) is 0. The van der Waals surface area contributed by atoms with Crippen LogP contribution in [0.4, 0.5) is 0 Å². The number of nitrogens with zero attached hydrogens (tertiary/aromatic N) is 1. The van der Waals surface area contributed by atoms with Gasteiger partial charge in [-0.3, -0.25) is 4.90 Å². The first-order chi connectivity index (χ1) is 7.75. The van der Waals surface area contributed by atoms with Crippen LogP contribution in [0.15, 0.2) is 22.7 Å². The maximum atomic E-state index is 5.81. The fourth-order valence-electron chi connectivity index (χ4n) is 2.02. The van der Waals surface area contributed by atoms with Gasteiger partial charge in [0, 0.05) is 11.0 Å². The number of ether oxygens (including phenoxy) is 1. The quantitative estimate of drug-likeness (QED) is 0.841. The van der Waals surface area contributed by atoms with E-state index in [9.17, 15) is 0 Å². The molecule has 2 nitrogen and oxygen atoms in total. The molecule has 1 aliphatic heterocycles. The Bertz CT molecular complexity index is 348. The normalized spacial score (nSPS) is 16.6. The molecule has 0 aliphatic carbocycles. The van der Waals surface area contributed by atoms with Crippen molar-refractivity contribution in [2.24, 2.45) is 0 Å². The zero-order valence-electron chi connectivity index (χ0n) is 9.71. The van der Waals surface area contributed by atoms with E-state index in [1.54, 1.807) is 0 Å². The van der Waals surface area contributed by atoms with Crippen LogP contribution < -0.4 is 4.74 Å². The molecule has 0 spiro atoms. The smallest absolute Gasteiger partial charge is 0.123 e. The number of hydrogen-bond acceptors (Lipinski definition) is 2. The summed E-state index contributed by atoms with van der Waals surface area (Å²) in [5.41, 5.74) is 1.20. The lowest BCUT2D eigenvalue weighted by atomic mass is 10.2. The second kappa shape index (κ2) is 5.69. The second-order valence-electron chi connectivity index (χ2n) is 4.31. The fourth-order valence-corrected chi connectivity index (χ4v) is 2.36. The molecular formula is C13H18BrNO. The van der Waals surface area contributed by atoms with Crippen LogP contribution in [0.3, 0.4) is 0 Å². The molecule has 1 aliphatic rings. The SMILES string of the molecule is Cc1ccc(Br)cc1OCCN1CCCC1. The van der Waals surface area contributed by atoms with E-state index in [2.05, 4.69) is 33.8 Å². The van der Waals surface area contributed by atoms with Gasteiger partial charge in [-0.15, -0.1) is 0 Å². The number of benzene rings is 1. The molecule has 88 valence electrons. The molecule has 1 aromatic carbocycles. The van der Waals surface area contributed by atoms with Crippen molar-refractivity contribution >= 4 is 15.9 Å². The van der Waals surface area contributed by atoms with Crippen LogP contribution in [0, 0.1) is 6.92 Å². The molecule has 1 heterocycles. The highest BCUT2D eigenvalue weighted by Gasteiger charge is 2.11. The van der Waals surface area contributed by atoms with E-state index in [0.29, 0.717) is 0 Å². The van der Waals surface area contributed by atoms with Gasteiger partial charge >= 0.3 is 0 Å². The van der Waals surface area contributed by atoms with Gasteiger partial charge in [-0.25, -0.2) is 0 Å². The van der Waals surface area contributed by atoms with Crippen molar-refractivity contribution in [1.29, 1.82) is 0 Å². The van der Waals surface area contributed by atoms with Crippen LogP contribution in [-0.2, 0) is 0 Å². The van der Waals surface area contributed by atoms with Gasteiger partial charge in [0.25, 0.3) is 0 Å². The Morgan fingerprint density at radius 2 is 2.06 bits per heavy atom. The monoisotopic (exact) mass is 283 g/mol. The Balaban J connectivity index is 1.82.